The summed E-state index contributed by atoms with van der Waals surface area (Å²) in [6.45, 7) is 4.91. The van der Waals surface area contributed by atoms with Crippen molar-refractivity contribution < 1.29 is 32.4 Å². The lowest BCUT2D eigenvalue weighted by Gasteiger charge is -2.17. The minimum Gasteiger partial charge on any atom is -0.451 e. The first-order valence-electron chi connectivity index (χ1n) is 8.61. The van der Waals surface area contributed by atoms with Gasteiger partial charge in [-0.1, -0.05) is 35.5 Å². The van der Waals surface area contributed by atoms with Gasteiger partial charge in [0.05, 0.1) is 18.4 Å². The number of carbonyl (C=O) groups excluding carboxylic acids is 1. The predicted molar refractivity (Wildman–Crippen MR) is 101 cm³/mol. The van der Waals surface area contributed by atoms with Gasteiger partial charge in [0.25, 0.3) is 0 Å². The Kier molecular flexibility index (Phi) is 7.08. The Hall–Kier alpha value is -3.23. The molecule has 2 aromatic rings. The van der Waals surface area contributed by atoms with Crippen molar-refractivity contribution in [2.45, 2.75) is 33.1 Å². The summed E-state index contributed by atoms with van der Waals surface area (Å²) in [5, 5.41) is 3.96. The first kappa shape index (κ1) is 22.1. The molecule has 29 heavy (non-hydrogen) atoms. The molecular formula is C20H21F3N2O4. The molecule has 0 fully saturated rings. The van der Waals surface area contributed by atoms with E-state index in [1.165, 1.54) is 32.2 Å². The average Bonchev–Trinajstić information content (AvgIpc) is 2.70. The van der Waals surface area contributed by atoms with Gasteiger partial charge in [-0.2, -0.15) is 18.7 Å². The Morgan fingerprint density at radius 1 is 1.17 bits per heavy atom. The number of nitrogens with one attached hydrogen (secondary N) is 1. The van der Waals surface area contributed by atoms with Gasteiger partial charge in [0, 0.05) is 11.1 Å². The van der Waals surface area contributed by atoms with Crippen LogP contribution in [0.1, 0.15) is 42.2 Å². The summed E-state index contributed by atoms with van der Waals surface area (Å²) in [4.78, 5) is 21.6. The van der Waals surface area contributed by atoms with Crippen LogP contribution in [0.2, 0.25) is 0 Å². The SMILES string of the molecule is COC(=O)NOc1cc(/C(C)=N/OC(C)c2ccccc2C(F)(F)F)ccc1C. The first-order valence-corrected chi connectivity index (χ1v) is 8.61. The van der Waals surface area contributed by atoms with Crippen LogP contribution in [0.25, 0.3) is 0 Å². The van der Waals surface area contributed by atoms with Gasteiger partial charge >= 0.3 is 12.3 Å². The molecule has 0 spiro atoms. The summed E-state index contributed by atoms with van der Waals surface area (Å²) in [6, 6.07) is 10.3. The summed E-state index contributed by atoms with van der Waals surface area (Å²) in [5.74, 6) is 0.359. The van der Waals surface area contributed by atoms with Gasteiger partial charge in [-0.15, -0.1) is 0 Å². The Balaban J connectivity index is 2.17. The number of halogens is 3. The topological polar surface area (TPSA) is 69.2 Å². The van der Waals surface area contributed by atoms with Crippen molar-refractivity contribution in [3.8, 4) is 5.75 Å². The van der Waals surface area contributed by atoms with Crippen LogP contribution in [0.15, 0.2) is 47.6 Å². The maximum Gasteiger partial charge on any atom is 0.440 e. The number of hydroxylamine groups is 1. The average molecular weight is 410 g/mol. The third-order valence-corrected chi connectivity index (χ3v) is 4.09. The van der Waals surface area contributed by atoms with Crippen molar-refractivity contribution >= 4 is 11.8 Å². The van der Waals surface area contributed by atoms with Gasteiger partial charge in [-0.25, -0.2) is 4.79 Å². The van der Waals surface area contributed by atoms with E-state index in [-0.39, 0.29) is 5.56 Å². The van der Waals surface area contributed by atoms with Crippen LogP contribution in [0, 0.1) is 6.92 Å². The zero-order valence-electron chi connectivity index (χ0n) is 16.3. The lowest BCUT2D eigenvalue weighted by molar-refractivity contribution is -0.139. The Bertz CT molecular complexity index is 898. The third-order valence-electron chi connectivity index (χ3n) is 4.09. The van der Waals surface area contributed by atoms with E-state index in [0.29, 0.717) is 17.0 Å². The molecule has 2 rings (SSSR count). The fourth-order valence-electron chi connectivity index (χ4n) is 2.45. The number of hydrogen-bond acceptors (Lipinski definition) is 5. The number of rotatable bonds is 6. The number of hydrogen-bond donors (Lipinski definition) is 1. The highest BCUT2D eigenvalue weighted by Gasteiger charge is 2.34. The van der Waals surface area contributed by atoms with Gasteiger partial charge in [0.1, 0.15) is 6.10 Å². The van der Waals surface area contributed by atoms with Crippen LogP contribution < -0.4 is 10.3 Å². The third kappa shape index (κ3) is 5.87. The van der Waals surface area contributed by atoms with Crippen LogP contribution in [0.5, 0.6) is 5.75 Å². The van der Waals surface area contributed by atoms with Gasteiger partial charge in [0.15, 0.2) is 5.75 Å². The molecule has 0 saturated carbocycles. The number of methoxy groups -OCH3 is 1. The normalized spacial score (nSPS) is 12.9. The van der Waals surface area contributed by atoms with E-state index in [9.17, 15) is 18.0 Å². The highest BCUT2D eigenvalue weighted by atomic mass is 19.4. The van der Waals surface area contributed by atoms with Crippen LogP contribution in [0.3, 0.4) is 0 Å². The Labute approximate surface area is 166 Å². The van der Waals surface area contributed by atoms with E-state index in [1.807, 2.05) is 0 Å². The molecule has 0 aromatic heterocycles. The summed E-state index contributed by atoms with van der Waals surface area (Å²) >= 11 is 0. The first-order chi connectivity index (χ1) is 13.6. The maximum absolute atomic E-state index is 13.2. The molecule has 6 nitrogen and oxygen atoms in total. The van der Waals surface area contributed by atoms with Crippen LogP contribution in [-0.2, 0) is 15.8 Å². The van der Waals surface area contributed by atoms with Gasteiger partial charge in [-0.05, 0) is 38.5 Å². The van der Waals surface area contributed by atoms with Gasteiger partial charge in [-0.3, -0.25) is 0 Å². The largest absolute Gasteiger partial charge is 0.451 e. The predicted octanol–water partition coefficient (Wildman–Crippen LogP) is 5.17. The van der Waals surface area contributed by atoms with Crippen molar-refractivity contribution in [3.05, 3.63) is 64.7 Å². The maximum atomic E-state index is 13.2. The number of carbonyl (C=O) groups is 1. The molecule has 0 heterocycles. The number of aryl methyl sites for hydroxylation is 1. The minimum atomic E-state index is -4.48. The second-order valence-corrected chi connectivity index (χ2v) is 6.19. The number of amides is 1. The van der Waals surface area contributed by atoms with E-state index in [2.05, 4.69) is 15.4 Å². The summed E-state index contributed by atoms with van der Waals surface area (Å²) < 4.78 is 43.9. The van der Waals surface area contributed by atoms with Crippen LogP contribution in [-0.4, -0.2) is 18.9 Å². The fourth-order valence-corrected chi connectivity index (χ4v) is 2.45. The number of ether oxygens (including phenoxy) is 1. The molecule has 0 saturated heterocycles. The quantitative estimate of drug-likeness (QED) is 0.527. The zero-order valence-corrected chi connectivity index (χ0v) is 16.3. The smallest absolute Gasteiger partial charge is 0.440 e. The lowest BCUT2D eigenvalue weighted by Crippen LogP contribution is -2.27. The molecule has 1 amide bonds. The molecule has 0 aliphatic rings. The van der Waals surface area contributed by atoms with Crippen molar-refractivity contribution in [1.82, 2.24) is 5.48 Å². The second-order valence-electron chi connectivity index (χ2n) is 6.19. The number of nitrogens with zero attached hydrogens (tertiary/aromatic N) is 1. The standard InChI is InChI=1S/C20H21F3N2O4/c1-12-9-10-15(11-18(12)29-25-19(26)27-4)13(2)24-28-14(3)16-7-5-6-8-17(16)20(21,22)23/h5-11,14H,1-4H3,(H,25,26)/b24-13+. The molecule has 0 bridgehead atoms. The molecule has 0 aliphatic heterocycles. The number of alkyl halides is 3. The van der Waals surface area contributed by atoms with E-state index < -0.39 is 23.9 Å². The second kappa shape index (κ2) is 9.31. The van der Waals surface area contributed by atoms with Crippen molar-refractivity contribution in [1.29, 1.82) is 0 Å². The van der Waals surface area contributed by atoms with E-state index >= 15 is 0 Å². The summed E-state index contributed by atoms with van der Waals surface area (Å²) in [7, 11) is 1.20. The van der Waals surface area contributed by atoms with Crippen molar-refractivity contribution in [3.63, 3.8) is 0 Å². The molecule has 1 unspecified atom stereocenters. The molecule has 1 N–H and O–H groups in total. The highest BCUT2D eigenvalue weighted by molar-refractivity contribution is 5.98. The van der Waals surface area contributed by atoms with Crippen molar-refractivity contribution in [2.75, 3.05) is 7.11 Å². The van der Waals surface area contributed by atoms with Gasteiger partial charge in [0.2, 0.25) is 0 Å². The Morgan fingerprint density at radius 3 is 2.52 bits per heavy atom. The molecular weight excluding hydrogens is 389 g/mol. The fraction of sp³-hybridized carbons (Fsp3) is 0.300. The summed E-state index contributed by atoms with van der Waals surface area (Å²) in [6.07, 6.45) is -6.16. The van der Waals surface area contributed by atoms with Gasteiger partial charge < -0.3 is 14.4 Å². The molecule has 0 radical (unpaired) electrons. The highest BCUT2D eigenvalue weighted by Crippen LogP contribution is 2.35. The summed E-state index contributed by atoms with van der Waals surface area (Å²) in [5.41, 5.74) is 3.11. The van der Waals surface area contributed by atoms with E-state index in [4.69, 9.17) is 9.68 Å². The molecule has 1 atom stereocenters. The molecule has 9 heteroatoms. The molecule has 0 aliphatic carbocycles. The van der Waals surface area contributed by atoms with E-state index in [1.54, 1.807) is 32.0 Å². The van der Waals surface area contributed by atoms with E-state index in [0.717, 1.165) is 11.6 Å². The number of oxime groups is 1. The zero-order chi connectivity index (χ0) is 21.6. The number of benzene rings is 2. The van der Waals surface area contributed by atoms with Crippen LogP contribution >= 0.6 is 0 Å². The van der Waals surface area contributed by atoms with Crippen LogP contribution in [0.4, 0.5) is 18.0 Å². The molecule has 2 aromatic carbocycles. The lowest BCUT2D eigenvalue weighted by atomic mass is 10.0. The molecule has 156 valence electrons. The minimum absolute atomic E-state index is 0.00763. The Morgan fingerprint density at radius 2 is 1.86 bits per heavy atom. The van der Waals surface area contributed by atoms with Crippen molar-refractivity contribution in [2.24, 2.45) is 5.16 Å². The monoisotopic (exact) mass is 410 g/mol.